The fraction of sp³-hybridized carbons (Fsp3) is 0.263. The number of fused-ring (bicyclic) bond motifs is 1. The first-order chi connectivity index (χ1) is 14.3. The van der Waals surface area contributed by atoms with Crippen molar-refractivity contribution in [3.05, 3.63) is 48.7 Å². The summed E-state index contributed by atoms with van der Waals surface area (Å²) < 4.78 is 37.0. The first kappa shape index (κ1) is 19.8. The summed E-state index contributed by atoms with van der Waals surface area (Å²) in [4.78, 5) is 8.42. The summed E-state index contributed by atoms with van der Waals surface area (Å²) in [6.45, 7) is 4.14. The van der Waals surface area contributed by atoms with Crippen LogP contribution in [0.25, 0.3) is 16.7 Å². The summed E-state index contributed by atoms with van der Waals surface area (Å²) in [6, 6.07) is 3.08. The smallest absolute Gasteiger partial charge is 0.263 e. The highest BCUT2D eigenvalue weighted by Gasteiger charge is 2.22. The SMILES string of the molecule is COc1ncc2cnn(C)c2c1NS(=O)(=O)c1ccc(-n2cc(C(C)C)cn2)nc1. The Morgan fingerprint density at radius 2 is 1.87 bits per heavy atom. The molecule has 0 aliphatic rings. The third kappa shape index (κ3) is 3.47. The van der Waals surface area contributed by atoms with Gasteiger partial charge < -0.3 is 4.74 Å². The molecule has 10 nitrogen and oxygen atoms in total. The molecule has 156 valence electrons. The second kappa shape index (κ2) is 7.41. The van der Waals surface area contributed by atoms with Crippen LogP contribution < -0.4 is 9.46 Å². The molecule has 0 unspecified atom stereocenters. The largest absolute Gasteiger partial charge is 0.479 e. The maximum atomic E-state index is 13.0. The van der Waals surface area contributed by atoms with Crippen molar-refractivity contribution in [1.29, 1.82) is 0 Å². The van der Waals surface area contributed by atoms with Crippen LogP contribution in [0, 0.1) is 0 Å². The monoisotopic (exact) mass is 427 g/mol. The summed E-state index contributed by atoms with van der Waals surface area (Å²) in [5, 5.41) is 9.13. The molecule has 30 heavy (non-hydrogen) atoms. The Hall–Kier alpha value is -3.47. The summed E-state index contributed by atoms with van der Waals surface area (Å²) in [6.07, 6.45) is 8.11. The number of rotatable bonds is 6. The van der Waals surface area contributed by atoms with Crippen molar-refractivity contribution in [2.45, 2.75) is 24.7 Å². The van der Waals surface area contributed by atoms with Crippen molar-refractivity contribution in [1.82, 2.24) is 29.5 Å². The average molecular weight is 427 g/mol. The van der Waals surface area contributed by atoms with Gasteiger partial charge in [0.2, 0.25) is 5.88 Å². The first-order valence-electron chi connectivity index (χ1n) is 9.18. The lowest BCUT2D eigenvalue weighted by Crippen LogP contribution is -2.15. The molecule has 11 heteroatoms. The van der Waals surface area contributed by atoms with Crippen LogP contribution in [0.2, 0.25) is 0 Å². The second-order valence-corrected chi connectivity index (χ2v) is 8.73. The predicted molar refractivity (Wildman–Crippen MR) is 111 cm³/mol. The third-order valence-corrected chi connectivity index (χ3v) is 6.04. The van der Waals surface area contributed by atoms with Gasteiger partial charge in [-0.2, -0.15) is 10.2 Å². The predicted octanol–water partition coefficient (Wildman–Crippen LogP) is 2.48. The number of methoxy groups -OCH3 is 1. The summed E-state index contributed by atoms with van der Waals surface area (Å²) in [7, 11) is -0.804. The molecule has 0 aliphatic heterocycles. The fourth-order valence-electron chi connectivity index (χ4n) is 3.02. The van der Waals surface area contributed by atoms with Gasteiger partial charge in [-0.15, -0.1) is 0 Å². The lowest BCUT2D eigenvalue weighted by atomic mass is 10.1. The Morgan fingerprint density at radius 3 is 2.50 bits per heavy atom. The van der Waals surface area contributed by atoms with E-state index in [-0.39, 0.29) is 16.5 Å². The number of sulfonamides is 1. The van der Waals surface area contributed by atoms with Crippen molar-refractivity contribution in [2.75, 3.05) is 11.8 Å². The number of nitrogens with zero attached hydrogens (tertiary/aromatic N) is 6. The van der Waals surface area contributed by atoms with Crippen LogP contribution in [0.4, 0.5) is 5.69 Å². The molecule has 0 amide bonds. The minimum atomic E-state index is -3.94. The van der Waals surface area contributed by atoms with Crippen LogP contribution in [0.15, 0.2) is 48.0 Å². The molecule has 0 radical (unpaired) electrons. The standard InChI is InChI=1S/C19H21N7O3S/c1-12(2)14-9-23-26(11-14)16-6-5-15(10-20-16)30(27,28)24-17-18-13(8-22-25(18)3)7-21-19(17)29-4/h5-12,24H,1-4H3. The highest BCUT2D eigenvalue weighted by molar-refractivity contribution is 7.92. The minimum absolute atomic E-state index is 0.00344. The van der Waals surface area contributed by atoms with Gasteiger partial charge >= 0.3 is 0 Å². The quantitative estimate of drug-likeness (QED) is 0.502. The van der Waals surface area contributed by atoms with Crippen LogP contribution >= 0.6 is 0 Å². The number of hydrogen-bond acceptors (Lipinski definition) is 7. The Balaban J connectivity index is 1.68. The summed E-state index contributed by atoms with van der Waals surface area (Å²) >= 11 is 0. The molecule has 0 saturated heterocycles. The summed E-state index contributed by atoms with van der Waals surface area (Å²) in [5.74, 6) is 1.01. The van der Waals surface area contributed by atoms with Crippen molar-refractivity contribution in [3.63, 3.8) is 0 Å². The van der Waals surface area contributed by atoms with E-state index in [0.717, 1.165) is 5.56 Å². The number of hydrogen-bond donors (Lipinski definition) is 1. The molecular formula is C19H21N7O3S. The Bertz CT molecular complexity index is 1310. The van der Waals surface area contributed by atoms with Gasteiger partial charge in [-0.3, -0.25) is 9.40 Å². The Labute approximate surface area is 173 Å². The first-order valence-corrected chi connectivity index (χ1v) is 10.7. The van der Waals surface area contributed by atoms with Crippen molar-refractivity contribution < 1.29 is 13.2 Å². The number of pyridine rings is 2. The zero-order valence-electron chi connectivity index (χ0n) is 16.9. The number of aromatic nitrogens is 6. The van der Waals surface area contributed by atoms with E-state index in [4.69, 9.17) is 4.74 Å². The molecule has 4 aromatic rings. The van der Waals surface area contributed by atoms with Crippen LogP contribution in [0.5, 0.6) is 5.88 Å². The number of aryl methyl sites for hydroxylation is 1. The van der Waals surface area contributed by atoms with E-state index >= 15 is 0 Å². The maximum absolute atomic E-state index is 13.0. The topological polar surface area (TPSA) is 117 Å². The van der Waals surface area contributed by atoms with Crippen molar-refractivity contribution in [2.24, 2.45) is 7.05 Å². The van der Waals surface area contributed by atoms with E-state index in [0.29, 0.717) is 22.6 Å². The lowest BCUT2D eigenvalue weighted by Gasteiger charge is -2.13. The van der Waals surface area contributed by atoms with Crippen LogP contribution in [-0.2, 0) is 17.1 Å². The van der Waals surface area contributed by atoms with Crippen LogP contribution in [0.3, 0.4) is 0 Å². The zero-order chi connectivity index (χ0) is 21.5. The molecular weight excluding hydrogens is 406 g/mol. The Kier molecular flexibility index (Phi) is 4.90. The van der Waals surface area contributed by atoms with Gasteiger partial charge in [0, 0.05) is 31.0 Å². The Morgan fingerprint density at radius 1 is 1.07 bits per heavy atom. The van der Waals surface area contributed by atoms with Gasteiger partial charge in [-0.25, -0.2) is 23.1 Å². The summed E-state index contributed by atoms with van der Waals surface area (Å²) in [5.41, 5.74) is 1.85. The molecule has 4 heterocycles. The average Bonchev–Trinajstić information content (AvgIpc) is 3.36. The van der Waals surface area contributed by atoms with Gasteiger partial charge in [-0.05, 0) is 23.6 Å². The molecule has 4 rings (SSSR count). The molecule has 0 aromatic carbocycles. The fourth-order valence-corrected chi connectivity index (χ4v) is 4.03. The molecule has 0 saturated carbocycles. The maximum Gasteiger partial charge on any atom is 0.263 e. The van der Waals surface area contributed by atoms with Gasteiger partial charge in [0.05, 0.1) is 25.0 Å². The number of nitrogens with one attached hydrogen (secondary N) is 1. The van der Waals surface area contributed by atoms with Gasteiger partial charge in [0.1, 0.15) is 10.6 Å². The van der Waals surface area contributed by atoms with Gasteiger partial charge in [0.25, 0.3) is 10.0 Å². The third-order valence-electron chi connectivity index (χ3n) is 4.70. The van der Waals surface area contributed by atoms with Crippen LogP contribution in [0.1, 0.15) is 25.3 Å². The molecule has 0 spiro atoms. The zero-order valence-corrected chi connectivity index (χ0v) is 17.8. The van der Waals surface area contributed by atoms with E-state index < -0.39 is 10.0 Å². The van der Waals surface area contributed by atoms with Gasteiger partial charge in [0.15, 0.2) is 5.82 Å². The molecule has 0 atom stereocenters. The van der Waals surface area contributed by atoms with E-state index in [1.807, 2.05) is 6.20 Å². The lowest BCUT2D eigenvalue weighted by molar-refractivity contribution is 0.400. The molecule has 0 fully saturated rings. The number of ether oxygens (including phenoxy) is 1. The normalized spacial score (nSPS) is 11.9. The van der Waals surface area contributed by atoms with Crippen molar-refractivity contribution in [3.8, 4) is 11.7 Å². The van der Waals surface area contributed by atoms with E-state index in [1.54, 1.807) is 41.1 Å². The van der Waals surface area contributed by atoms with E-state index in [9.17, 15) is 8.42 Å². The van der Waals surface area contributed by atoms with E-state index in [1.165, 1.54) is 19.4 Å². The number of anilines is 1. The molecule has 0 aliphatic carbocycles. The minimum Gasteiger partial charge on any atom is -0.479 e. The molecule has 1 N–H and O–H groups in total. The van der Waals surface area contributed by atoms with Crippen LogP contribution in [-0.4, -0.2) is 45.1 Å². The molecule has 4 aromatic heterocycles. The highest BCUT2D eigenvalue weighted by atomic mass is 32.2. The highest BCUT2D eigenvalue weighted by Crippen LogP contribution is 2.32. The van der Waals surface area contributed by atoms with Crippen molar-refractivity contribution >= 4 is 26.6 Å². The van der Waals surface area contributed by atoms with Gasteiger partial charge in [-0.1, -0.05) is 13.8 Å². The second-order valence-electron chi connectivity index (χ2n) is 7.05. The van der Waals surface area contributed by atoms with E-state index in [2.05, 4.69) is 38.7 Å². The molecule has 0 bridgehead atoms.